The van der Waals surface area contributed by atoms with Crippen LogP contribution in [-0.2, 0) is 11.2 Å². The molecule has 0 bridgehead atoms. The Hall–Kier alpha value is -2.49. The predicted molar refractivity (Wildman–Crippen MR) is 90.0 cm³/mol. The fourth-order valence-electron chi connectivity index (χ4n) is 2.16. The molecular formula is C18H22N2O2. The van der Waals surface area contributed by atoms with Crippen molar-refractivity contribution in [3.63, 3.8) is 0 Å². The molecule has 0 saturated carbocycles. The third kappa shape index (κ3) is 4.81. The van der Waals surface area contributed by atoms with Crippen molar-refractivity contribution in [3.8, 4) is 5.75 Å². The number of amides is 1. The molecule has 22 heavy (non-hydrogen) atoms. The molecule has 0 radical (unpaired) electrons. The second-order valence-electron chi connectivity index (χ2n) is 5.08. The molecule has 2 aromatic carbocycles. The molecule has 0 aliphatic heterocycles. The van der Waals surface area contributed by atoms with Crippen LogP contribution in [0.2, 0.25) is 0 Å². The summed E-state index contributed by atoms with van der Waals surface area (Å²) < 4.78 is 5.56. The van der Waals surface area contributed by atoms with Gasteiger partial charge in [-0.05, 0) is 42.7 Å². The van der Waals surface area contributed by atoms with Crippen molar-refractivity contribution in [3.05, 3.63) is 54.1 Å². The van der Waals surface area contributed by atoms with Gasteiger partial charge in [-0.3, -0.25) is 4.79 Å². The van der Waals surface area contributed by atoms with E-state index in [2.05, 4.69) is 12.2 Å². The van der Waals surface area contributed by atoms with E-state index in [1.807, 2.05) is 42.5 Å². The highest BCUT2D eigenvalue weighted by atomic mass is 16.5. The lowest BCUT2D eigenvalue weighted by Crippen LogP contribution is -2.13. The molecule has 0 aliphatic rings. The Bertz CT molecular complexity index is 612. The first-order valence-corrected chi connectivity index (χ1v) is 7.55. The number of ether oxygens (including phenoxy) is 1. The van der Waals surface area contributed by atoms with Crippen LogP contribution >= 0.6 is 0 Å². The number of benzene rings is 2. The number of hydrogen-bond donors (Lipinski definition) is 2. The average molecular weight is 298 g/mol. The van der Waals surface area contributed by atoms with Gasteiger partial charge in [0.05, 0.1) is 6.61 Å². The van der Waals surface area contributed by atoms with Gasteiger partial charge in [-0.15, -0.1) is 0 Å². The molecule has 0 aromatic heterocycles. The maximum atomic E-state index is 11.9. The second-order valence-corrected chi connectivity index (χ2v) is 5.08. The first-order chi connectivity index (χ1) is 10.7. The number of anilines is 2. The van der Waals surface area contributed by atoms with E-state index in [0.717, 1.165) is 23.4 Å². The van der Waals surface area contributed by atoms with Gasteiger partial charge in [-0.25, -0.2) is 0 Å². The van der Waals surface area contributed by atoms with Crippen LogP contribution in [0, 0.1) is 0 Å². The van der Waals surface area contributed by atoms with Gasteiger partial charge < -0.3 is 15.8 Å². The summed E-state index contributed by atoms with van der Waals surface area (Å²) in [5.41, 5.74) is 8.47. The minimum atomic E-state index is -0.0275. The quantitative estimate of drug-likeness (QED) is 0.606. The summed E-state index contributed by atoms with van der Waals surface area (Å²) in [5, 5.41) is 2.86. The molecule has 0 heterocycles. The maximum Gasteiger partial charge on any atom is 0.224 e. The number of rotatable bonds is 7. The number of carbonyl (C=O) groups is 1. The number of nitrogens with two attached hydrogens (primary N) is 1. The van der Waals surface area contributed by atoms with Crippen LogP contribution in [0.25, 0.3) is 0 Å². The largest absolute Gasteiger partial charge is 0.494 e. The zero-order valence-corrected chi connectivity index (χ0v) is 12.8. The molecule has 116 valence electrons. The number of nitrogen functional groups attached to an aromatic ring is 1. The Labute approximate surface area is 131 Å². The Morgan fingerprint density at radius 3 is 2.64 bits per heavy atom. The summed E-state index contributed by atoms with van der Waals surface area (Å²) in [4.78, 5) is 11.9. The molecule has 0 saturated heterocycles. The Balaban J connectivity index is 1.73. The lowest BCUT2D eigenvalue weighted by molar-refractivity contribution is -0.116. The van der Waals surface area contributed by atoms with Crippen molar-refractivity contribution in [1.29, 1.82) is 0 Å². The van der Waals surface area contributed by atoms with Gasteiger partial charge in [0.25, 0.3) is 0 Å². The van der Waals surface area contributed by atoms with E-state index in [0.29, 0.717) is 25.1 Å². The summed E-state index contributed by atoms with van der Waals surface area (Å²) in [6.45, 7) is 2.57. The van der Waals surface area contributed by atoms with E-state index in [4.69, 9.17) is 10.5 Å². The minimum absolute atomic E-state index is 0.0275. The summed E-state index contributed by atoms with van der Waals surface area (Å²) in [6, 6.07) is 15.2. The lowest BCUT2D eigenvalue weighted by Gasteiger charge is -2.09. The van der Waals surface area contributed by atoms with Crippen molar-refractivity contribution in [2.45, 2.75) is 26.2 Å². The Kier molecular flexibility index (Phi) is 5.83. The summed E-state index contributed by atoms with van der Waals surface area (Å²) in [5.74, 6) is 0.797. The third-order valence-corrected chi connectivity index (χ3v) is 3.37. The van der Waals surface area contributed by atoms with Crippen molar-refractivity contribution >= 4 is 17.3 Å². The molecule has 1 amide bonds. The average Bonchev–Trinajstić information content (AvgIpc) is 2.53. The van der Waals surface area contributed by atoms with E-state index >= 15 is 0 Å². The van der Waals surface area contributed by atoms with Gasteiger partial charge in [-0.2, -0.15) is 0 Å². The zero-order chi connectivity index (χ0) is 15.8. The molecule has 4 nitrogen and oxygen atoms in total. The molecular weight excluding hydrogens is 276 g/mol. The van der Waals surface area contributed by atoms with E-state index in [1.54, 1.807) is 6.07 Å². The van der Waals surface area contributed by atoms with Crippen LogP contribution in [0.4, 0.5) is 11.4 Å². The fraction of sp³-hybridized carbons (Fsp3) is 0.278. The van der Waals surface area contributed by atoms with Crippen LogP contribution in [0.15, 0.2) is 48.5 Å². The van der Waals surface area contributed by atoms with Crippen LogP contribution in [0.3, 0.4) is 0 Å². The van der Waals surface area contributed by atoms with E-state index < -0.39 is 0 Å². The second kappa shape index (κ2) is 8.08. The molecule has 0 fully saturated rings. The molecule has 2 aromatic rings. The Morgan fingerprint density at radius 1 is 1.18 bits per heavy atom. The van der Waals surface area contributed by atoms with E-state index in [9.17, 15) is 4.79 Å². The normalized spacial score (nSPS) is 10.2. The van der Waals surface area contributed by atoms with Crippen molar-refractivity contribution < 1.29 is 9.53 Å². The van der Waals surface area contributed by atoms with Crippen molar-refractivity contribution in [2.75, 3.05) is 17.7 Å². The third-order valence-electron chi connectivity index (χ3n) is 3.37. The van der Waals surface area contributed by atoms with Gasteiger partial charge in [0.2, 0.25) is 5.91 Å². The topological polar surface area (TPSA) is 64.3 Å². The zero-order valence-electron chi connectivity index (χ0n) is 12.8. The number of carbonyl (C=O) groups excluding carboxylic acids is 1. The van der Waals surface area contributed by atoms with Gasteiger partial charge in [0.1, 0.15) is 5.75 Å². The van der Waals surface area contributed by atoms with E-state index in [1.165, 1.54) is 0 Å². The van der Waals surface area contributed by atoms with Crippen LogP contribution in [0.5, 0.6) is 5.75 Å². The van der Waals surface area contributed by atoms with Gasteiger partial charge in [0.15, 0.2) is 0 Å². The smallest absolute Gasteiger partial charge is 0.224 e. The standard InChI is InChI=1S/C18H22N2O2/c1-2-14-10-11-15(13-17(14)19)20-18(21)9-6-12-22-16-7-4-3-5-8-16/h3-5,7-8,10-11,13H,2,6,9,12,19H2,1H3,(H,20,21). The highest BCUT2D eigenvalue weighted by molar-refractivity contribution is 5.91. The SMILES string of the molecule is CCc1ccc(NC(=O)CCCOc2ccccc2)cc1N. The summed E-state index contributed by atoms with van der Waals surface area (Å²) in [6.07, 6.45) is 1.97. The number of aryl methyl sites for hydroxylation is 1. The van der Waals surface area contributed by atoms with Crippen LogP contribution < -0.4 is 15.8 Å². The van der Waals surface area contributed by atoms with Crippen molar-refractivity contribution in [2.24, 2.45) is 0 Å². The summed E-state index contributed by atoms with van der Waals surface area (Å²) >= 11 is 0. The maximum absolute atomic E-state index is 11.9. The first-order valence-electron chi connectivity index (χ1n) is 7.55. The molecule has 0 unspecified atom stereocenters. The molecule has 4 heteroatoms. The van der Waals surface area contributed by atoms with Crippen molar-refractivity contribution in [1.82, 2.24) is 0 Å². The predicted octanol–water partition coefficient (Wildman–Crippen LogP) is 3.63. The molecule has 0 aliphatic carbocycles. The summed E-state index contributed by atoms with van der Waals surface area (Å²) in [7, 11) is 0. The number of para-hydroxylation sites is 1. The highest BCUT2D eigenvalue weighted by Gasteiger charge is 2.04. The minimum Gasteiger partial charge on any atom is -0.494 e. The number of nitrogens with one attached hydrogen (secondary N) is 1. The van der Waals surface area contributed by atoms with Gasteiger partial charge in [0, 0.05) is 17.8 Å². The molecule has 0 atom stereocenters. The number of hydrogen-bond acceptors (Lipinski definition) is 3. The Morgan fingerprint density at radius 2 is 1.95 bits per heavy atom. The highest BCUT2D eigenvalue weighted by Crippen LogP contribution is 2.18. The fourth-order valence-corrected chi connectivity index (χ4v) is 2.16. The van der Waals surface area contributed by atoms with Gasteiger partial charge >= 0.3 is 0 Å². The van der Waals surface area contributed by atoms with E-state index in [-0.39, 0.29) is 5.91 Å². The van der Waals surface area contributed by atoms with Crippen LogP contribution in [-0.4, -0.2) is 12.5 Å². The first kappa shape index (κ1) is 15.9. The van der Waals surface area contributed by atoms with Crippen LogP contribution in [0.1, 0.15) is 25.3 Å². The lowest BCUT2D eigenvalue weighted by atomic mass is 10.1. The monoisotopic (exact) mass is 298 g/mol. The molecule has 0 spiro atoms. The molecule has 2 rings (SSSR count). The molecule has 3 N–H and O–H groups in total. The van der Waals surface area contributed by atoms with Gasteiger partial charge in [-0.1, -0.05) is 31.2 Å².